The molecule has 6 heteroatoms. The number of aryl methyl sites for hydroxylation is 1. The van der Waals surface area contributed by atoms with Crippen LogP contribution in [0.5, 0.6) is 0 Å². The Morgan fingerprint density at radius 2 is 1.93 bits per heavy atom. The Balaban J connectivity index is 0.00000280. The number of nitrogens with one attached hydrogen (secondary N) is 1. The largest absolute Gasteiger partial charge is 0.398 e. The number of allylic oxidation sites excluding steroid dienone is 1. The average molecular weight is 370 g/mol. The SMILES string of the molecule is CC(C)=Cc1ccc(N)c(C(=N)c2cc(N3CC(C)O[C@@H](C)C3)n(C)n2)c1.[HH]. The van der Waals surface area contributed by atoms with Gasteiger partial charge in [-0.25, -0.2) is 0 Å². The molecular formula is C21H31N5O. The van der Waals surface area contributed by atoms with E-state index in [1.165, 1.54) is 5.57 Å². The van der Waals surface area contributed by atoms with Crippen molar-refractivity contribution in [2.45, 2.75) is 39.9 Å². The average Bonchev–Trinajstić information content (AvgIpc) is 2.96. The summed E-state index contributed by atoms with van der Waals surface area (Å²) in [4.78, 5) is 2.27. The van der Waals surface area contributed by atoms with Gasteiger partial charge in [0.05, 0.1) is 17.9 Å². The van der Waals surface area contributed by atoms with Crippen LogP contribution in [-0.2, 0) is 11.8 Å². The predicted molar refractivity (Wildman–Crippen MR) is 114 cm³/mol. The van der Waals surface area contributed by atoms with Gasteiger partial charge >= 0.3 is 0 Å². The number of morpholine rings is 1. The molecule has 1 aliphatic heterocycles. The molecule has 2 heterocycles. The summed E-state index contributed by atoms with van der Waals surface area (Å²) in [6.45, 7) is 9.89. The molecule has 1 aromatic carbocycles. The van der Waals surface area contributed by atoms with Crippen LogP contribution in [0.25, 0.3) is 6.08 Å². The summed E-state index contributed by atoms with van der Waals surface area (Å²) in [7, 11) is 1.92. The highest BCUT2D eigenvalue weighted by Crippen LogP contribution is 2.24. The number of benzene rings is 1. The Kier molecular flexibility index (Phi) is 5.37. The molecule has 0 spiro atoms. The topological polar surface area (TPSA) is 80.2 Å². The van der Waals surface area contributed by atoms with E-state index in [2.05, 4.69) is 43.8 Å². The van der Waals surface area contributed by atoms with Gasteiger partial charge in [0.15, 0.2) is 0 Å². The molecule has 2 aromatic rings. The molecule has 27 heavy (non-hydrogen) atoms. The first kappa shape index (κ1) is 19.2. The molecule has 0 aliphatic carbocycles. The number of aromatic nitrogens is 2. The third kappa shape index (κ3) is 4.22. The van der Waals surface area contributed by atoms with Gasteiger partial charge in [-0.3, -0.25) is 10.1 Å². The second-order valence-electron chi connectivity index (χ2n) is 7.62. The van der Waals surface area contributed by atoms with Crippen LogP contribution in [-0.4, -0.2) is 40.8 Å². The number of hydrogen-bond acceptors (Lipinski definition) is 5. The van der Waals surface area contributed by atoms with Crippen molar-refractivity contribution < 1.29 is 6.16 Å². The monoisotopic (exact) mass is 369 g/mol. The van der Waals surface area contributed by atoms with Gasteiger partial charge in [0.1, 0.15) is 11.5 Å². The van der Waals surface area contributed by atoms with E-state index in [9.17, 15) is 0 Å². The lowest BCUT2D eigenvalue weighted by molar-refractivity contribution is -0.00564. The van der Waals surface area contributed by atoms with Crippen LogP contribution in [0, 0.1) is 5.41 Å². The van der Waals surface area contributed by atoms with Crippen molar-refractivity contribution in [3.05, 3.63) is 46.7 Å². The third-order valence-electron chi connectivity index (χ3n) is 4.66. The molecule has 6 nitrogen and oxygen atoms in total. The highest BCUT2D eigenvalue weighted by atomic mass is 16.5. The summed E-state index contributed by atoms with van der Waals surface area (Å²) >= 11 is 0. The van der Waals surface area contributed by atoms with E-state index >= 15 is 0 Å². The van der Waals surface area contributed by atoms with Crippen LogP contribution in [0.3, 0.4) is 0 Å². The number of hydrogen-bond donors (Lipinski definition) is 2. The molecular weight excluding hydrogens is 338 g/mol. The number of nitrogens with two attached hydrogens (primary N) is 1. The van der Waals surface area contributed by atoms with E-state index < -0.39 is 0 Å². The predicted octanol–water partition coefficient (Wildman–Crippen LogP) is 3.70. The molecule has 1 aromatic heterocycles. The van der Waals surface area contributed by atoms with Crippen molar-refractivity contribution in [2.24, 2.45) is 7.05 Å². The fourth-order valence-corrected chi connectivity index (χ4v) is 3.59. The number of nitrogen functional groups attached to an aromatic ring is 1. The minimum absolute atomic E-state index is 0. The van der Waals surface area contributed by atoms with Gasteiger partial charge in [-0.1, -0.05) is 17.7 Å². The van der Waals surface area contributed by atoms with Crippen molar-refractivity contribution in [1.82, 2.24) is 9.78 Å². The lowest BCUT2D eigenvalue weighted by Gasteiger charge is -2.36. The summed E-state index contributed by atoms with van der Waals surface area (Å²) in [6.07, 6.45) is 2.42. The maximum Gasteiger partial charge on any atom is 0.127 e. The van der Waals surface area contributed by atoms with E-state index in [0.29, 0.717) is 22.7 Å². The fourth-order valence-electron chi connectivity index (χ4n) is 3.59. The van der Waals surface area contributed by atoms with Gasteiger partial charge in [-0.15, -0.1) is 0 Å². The highest BCUT2D eigenvalue weighted by molar-refractivity contribution is 6.13. The van der Waals surface area contributed by atoms with Gasteiger partial charge < -0.3 is 15.4 Å². The molecule has 1 unspecified atom stereocenters. The van der Waals surface area contributed by atoms with Gasteiger partial charge in [-0.2, -0.15) is 5.10 Å². The van der Waals surface area contributed by atoms with E-state index in [0.717, 1.165) is 24.5 Å². The molecule has 0 radical (unpaired) electrons. The minimum Gasteiger partial charge on any atom is -0.398 e. The molecule has 3 N–H and O–H groups in total. The summed E-state index contributed by atoms with van der Waals surface area (Å²) in [5, 5.41) is 13.3. The summed E-state index contributed by atoms with van der Waals surface area (Å²) in [5.74, 6) is 0.996. The molecule has 0 saturated carbocycles. The molecule has 0 amide bonds. The molecule has 1 aliphatic rings. The smallest absolute Gasteiger partial charge is 0.127 e. The van der Waals surface area contributed by atoms with Crippen LogP contribution in [0.4, 0.5) is 11.5 Å². The quantitative estimate of drug-likeness (QED) is 0.636. The van der Waals surface area contributed by atoms with Crippen molar-refractivity contribution in [1.29, 1.82) is 5.41 Å². The maximum atomic E-state index is 8.67. The number of anilines is 2. The molecule has 3 rings (SSSR count). The van der Waals surface area contributed by atoms with Crippen molar-refractivity contribution in [3.63, 3.8) is 0 Å². The maximum absolute atomic E-state index is 8.67. The Bertz CT molecular complexity index is 875. The van der Waals surface area contributed by atoms with Gasteiger partial charge in [0, 0.05) is 38.9 Å². The van der Waals surface area contributed by atoms with E-state index in [1.807, 2.05) is 36.0 Å². The molecule has 1 fully saturated rings. The Hall–Kier alpha value is -2.60. The highest BCUT2D eigenvalue weighted by Gasteiger charge is 2.25. The van der Waals surface area contributed by atoms with Gasteiger partial charge in [0.25, 0.3) is 0 Å². The Morgan fingerprint density at radius 3 is 2.56 bits per heavy atom. The van der Waals surface area contributed by atoms with Crippen molar-refractivity contribution in [2.75, 3.05) is 23.7 Å². The van der Waals surface area contributed by atoms with Crippen LogP contribution in [0.1, 0.15) is 45.9 Å². The van der Waals surface area contributed by atoms with E-state index in [1.54, 1.807) is 0 Å². The molecule has 146 valence electrons. The number of ether oxygens (including phenoxy) is 1. The van der Waals surface area contributed by atoms with Crippen LogP contribution < -0.4 is 10.6 Å². The van der Waals surface area contributed by atoms with Crippen molar-refractivity contribution in [3.8, 4) is 0 Å². The zero-order valence-corrected chi connectivity index (χ0v) is 16.8. The number of nitrogens with zero attached hydrogens (tertiary/aromatic N) is 3. The first-order valence-electron chi connectivity index (χ1n) is 9.32. The standard InChI is InChI=1S/C21H29N5O.H2/c1-13(2)8-16-6-7-18(22)17(9-16)21(23)19-10-20(25(5)24-19)26-11-14(3)27-15(4)12-26;/h6-10,14-15,23H,11-12,22H2,1-5H3;1H/t14-,15?;/m0./s1. The summed E-state index contributed by atoms with van der Waals surface area (Å²) < 4.78 is 7.66. The third-order valence-corrected chi connectivity index (χ3v) is 4.66. The Labute approximate surface area is 162 Å². The normalized spacial score (nSPS) is 19.8. The summed E-state index contributed by atoms with van der Waals surface area (Å²) in [6, 6.07) is 7.76. The van der Waals surface area contributed by atoms with Gasteiger partial charge in [-0.05, 0) is 45.4 Å². The number of rotatable bonds is 4. The van der Waals surface area contributed by atoms with Gasteiger partial charge in [0.2, 0.25) is 0 Å². The molecule has 2 atom stereocenters. The second kappa shape index (κ2) is 7.56. The van der Waals surface area contributed by atoms with Crippen LogP contribution in [0.15, 0.2) is 29.8 Å². The zero-order chi connectivity index (χ0) is 19.7. The fraction of sp³-hybridized carbons (Fsp3) is 0.429. The zero-order valence-electron chi connectivity index (χ0n) is 16.8. The molecule has 1 saturated heterocycles. The summed E-state index contributed by atoms with van der Waals surface area (Å²) in [5.41, 5.74) is 10.7. The molecule has 0 bridgehead atoms. The Morgan fingerprint density at radius 1 is 1.26 bits per heavy atom. The lowest BCUT2D eigenvalue weighted by Crippen LogP contribution is -2.46. The van der Waals surface area contributed by atoms with E-state index in [-0.39, 0.29) is 13.6 Å². The first-order chi connectivity index (χ1) is 12.7. The first-order valence-corrected chi connectivity index (χ1v) is 9.32. The van der Waals surface area contributed by atoms with Crippen molar-refractivity contribution >= 4 is 23.3 Å². The van der Waals surface area contributed by atoms with E-state index in [4.69, 9.17) is 15.9 Å². The minimum atomic E-state index is 0. The van der Waals surface area contributed by atoms with Crippen LogP contribution >= 0.6 is 0 Å². The van der Waals surface area contributed by atoms with Crippen LogP contribution in [0.2, 0.25) is 0 Å². The lowest BCUT2D eigenvalue weighted by atomic mass is 10.0. The second-order valence-corrected chi connectivity index (χ2v) is 7.62.